The smallest absolute Gasteiger partial charge is 0.243 e. The third kappa shape index (κ3) is 4.52. The Morgan fingerprint density at radius 3 is 2.95 bits per heavy atom. The molecule has 1 aromatic rings. The summed E-state index contributed by atoms with van der Waals surface area (Å²) in [5.41, 5.74) is 5.65. The van der Waals surface area contributed by atoms with Crippen LogP contribution in [0.3, 0.4) is 0 Å². The van der Waals surface area contributed by atoms with E-state index in [0.717, 1.165) is 32.1 Å². The molecule has 6 nitrogen and oxygen atoms in total. The lowest BCUT2D eigenvalue weighted by atomic mass is 9.75. The van der Waals surface area contributed by atoms with Gasteiger partial charge in [-0.25, -0.2) is 13.1 Å². The predicted octanol–water partition coefficient (Wildman–Crippen LogP) is 1.48. The van der Waals surface area contributed by atoms with Crippen LogP contribution in [0.2, 0.25) is 0 Å². The highest BCUT2D eigenvalue weighted by Gasteiger charge is 2.31. The van der Waals surface area contributed by atoms with Crippen molar-refractivity contribution in [3.8, 4) is 0 Å². The van der Waals surface area contributed by atoms with Crippen molar-refractivity contribution < 1.29 is 8.42 Å². The Balaban J connectivity index is 2.02. The molecule has 0 amide bonds. The molecule has 120 valence electrons. The van der Waals surface area contributed by atoms with Crippen molar-refractivity contribution in [1.82, 2.24) is 14.5 Å². The van der Waals surface area contributed by atoms with Gasteiger partial charge in [0.1, 0.15) is 4.90 Å². The predicted molar refractivity (Wildman–Crippen MR) is 82.3 cm³/mol. The van der Waals surface area contributed by atoms with Crippen LogP contribution in [0, 0.1) is 5.41 Å². The van der Waals surface area contributed by atoms with Crippen LogP contribution in [-0.2, 0) is 16.6 Å². The van der Waals surface area contributed by atoms with E-state index in [1.165, 1.54) is 6.20 Å². The highest BCUT2D eigenvalue weighted by Crippen LogP contribution is 2.35. The summed E-state index contributed by atoms with van der Waals surface area (Å²) in [5, 5.41) is 4.08. The molecular weight excluding hydrogens is 288 g/mol. The van der Waals surface area contributed by atoms with Gasteiger partial charge >= 0.3 is 0 Å². The van der Waals surface area contributed by atoms with E-state index < -0.39 is 10.0 Å². The quantitative estimate of drug-likeness (QED) is 0.832. The molecule has 1 aliphatic rings. The second-order valence-electron chi connectivity index (χ2n) is 6.66. The molecule has 0 spiro atoms. The number of rotatable bonds is 6. The average molecular weight is 314 g/mol. The molecule has 7 heteroatoms. The Morgan fingerprint density at radius 2 is 2.29 bits per heavy atom. The fourth-order valence-electron chi connectivity index (χ4n) is 2.95. The summed E-state index contributed by atoms with van der Waals surface area (Å²) in [7, 11) is -3.48. The molecule has 1 unspecified atom stereocenters. The van der Waals surface area contributed by atoms with Gasteiger partial charge in [0.15, 0.2) is 0 Å². The van der Waals surface area contributed by atoms with Crippen molar-refractivity contribution in [3.63, 3.8) is 0 Å². The van der Waals surface area contributed by atoms with Gasteiger partial charge in [-0.15, -0.1) is 0 Å². The van der Waals surface area contributed by atoms with Crippen molar-refractivity contribution in [2.75, 3.05) is 6.54 Å². The largest absolute Gasteiger partial charge is 0.330 e. The second kappa shape index (κ2) is 6.46. The van der Waals surface area contributed by atoms with Gasteiger partial charge in [0.2, 0.25) is 10.0 Å². The number of sulfonamides is 1. The molecule has 1 aromatic heterocycles. The minimum absolute atomic E-state index is 0.0196. The summed E-state index contributed by atoms with van der Waals surface area (Å²) in [6.07, 6.45) is 7.78. The lowest BCUT2D eigenvalue weighted by Gasteiger charge is -2.35. The van der Waals surface area contributed by atoms with E-state index >= 15 is 0 Å². The molecular formula is C14H26N4O2S. The fraction of sp³-hybridized carbons (Fsp3) is 0.786. The zero-order valence-electron chi connectivity index (χ0n) is 12.9. The van der Waals surface area contributed by atoms with Crippen LogP contribution in [0.25, 0.3) is 0 Å². The summed E-state index contributed by atoms with van der Waals surface area (Å²) >= 11 is 0. The van der Waals surface area contributed by atoms with E-state index in [1.807, 2.05) is 0 Å². The minimum atomic E-state index is -3.48. The minimum Gasteiger partial charge on any atom is -0.330 e. The molecule has 0 saturated heterocycles. The number of aromatic nitrogens is 2. The van der Waals surface area contributed by atoms with Crippen LogP contribution in [0.15, 0.2) is 17.3 Å². The van der Waals surface area contributed by atoms with Crippen molar-refractivity contribution in [2.24, 2.45) is 11.1 Å². The normalized spacial score (nSPS) is 22.3. The zero-order valence-corrected chi connectivity index (χ0v) is 13.7. The molecule has 0 aliphatic heterocycles. The highest BCUT2D eigenvalue weighted by atomic mass is 32.2. The van der Waals surface area contributed by atoms with E-state index in [4.69, 9.17) is 5.73 Å². The molecule has 1 atom stereocenters. The first-order valence-electron chi connectivity index (χ1n) is 7.57. The maximum atomic E-state index is 12.4. The summed E-state index contributed by atoms with van der Waals surface area (Å²) in [6, 6.07) is 0.0196. The molecule has 2 rings (SSSR count). The topological polar surface area (TPSA) is 90.0 Å². The summed E-state index contributed by atoms with van der Waals surface area (Å²) in [6.45, 7) is 5.59. The second-order valence-corrected chi connectivity index (χ2v) is 8.37. The summed E-state index contributed by atoms with van der Waals surface area (Å²) in [4.78, 5) is 0.239. The monoisotopic (exact) mass is 314 g/mol. The summed E-state index contributed by atoms with van der Waals surface area (Å²) < 4.78 is 29.3. The first-order valence-corrected chi connectivity index (χ1v) is 9.06. The van der Waals surface area contributed by atoms with Gasteiger partial charge in [0.25, 0.3) is 0 Å². The molecule has 21 heavy (non-hydrogen) atoms. The zero-order chi connectivity index (χ0) is 15.5. The Morgan fingerprint density at radius 1 is 1.52 bits per heavy atom. The van der Waals surface area contributed by atoms with Gasteiger partial charge in [0, 0.05) is 18.8 Å². The fourth-order valence-corrected chi connectivity index (χ4v) is 4.17. The third-order valence-electron chi connectivity index (χ3n) is 4.04. The number of hydrogen-bond acceptors (Lipinski definition) is 4. The van der Waals surface area contributed by atoms with Crippen molar-refractivity contribution in [1.29, 1.82) is 0 Å². The lowest BCUT2D eigenvalue weighted by Crippen LogP contribution is -2.40. The van der Waals surface area contributed by atoms with Crippen molar-refractivity contribution in [3.05, 3.63) is 12.4 Å². The van der Waals surface area contributed by atoms with Gasteiger partial charge in [-0.2, -0.15) is 5.10 Å². The Bertz CT molecular complexity index is 565. The van der Waals surface area contributed by atoms with E-state index in [0.29, 0.717) is 13.1 Å². The van der Waals surface area contributed by atoms with Crippen molar-refractivity contribution >= 4 is 10.0 Å². The van der Waals surface area contributed by atoms with Gasteiger partial charge in [-0.05, 0) is 37.6 Å². The number of nitrogens with zero attached hydrogens (tertiary/aromatic N) is 2. The number of nitrogens with two attached hydrogens (primary N) is 1. The summed E-state index contributed by atoms with van der Waals surface area (Å²) in [5.74, 6) is 0. The molecule has 1 heterocycles. The molecule has 1 aliphatic carbocycles. The number of aryl methyl sites for hydroxylation is 1. The maximum absolute atomic E-state index is 12.4. The molecule has 0 aromatic carbocycles. The highest BCUT2D eigenvalue weighted by molar-refractivity contribution is 7.89. The maximum Gasteiger partial charge on any atom is 0.243 e. The van der Waals surface area contributed by atoms with Crippen LogP contribution in [0.5, 0.6) is 0 Å². The Labute approximate surface area is 127 Å². The first kappa shape index (κ1) is 16.5. The van der Waals surface area contributed by atoms with Gasteiger partial charge in [-0.3, -0.25) is 4.68 Å². The third-order valence-corrected chi connectivity index (χ3v) is 5.51. The SMILES string of the molecule is CC1(C)CCCC(NS(=O)(=O)c2cnn(CCCN)c2)C1. The molecule has 1 fully saturated rings. The standard InChI is InChI=1S/C14H26N4O2S/c1-14(2)6-3-5-12(9-14)17-21(19,20)13-10-16-18(11-13)8-4-7-15/h10-12,17H,3-9,15H2,1-2H3. The lowest BCUT2D eigenvalue weighted by molar-refractivity contribution is 0.212. The van der Waals surface area contributed by atoms with Crippen LogP contribution in [-0.4, -0.2) is 30.8 Å². The number of nitrogens with one attached hydrogen (secondary N) is 1. The van der Waals surface area contributed by atoms with Crippen LogP contribution >= 0.6 is 0 Å². The molecule has 1 saturated carbocycles. The average Bonchev–Trinajstić information content (AvgIpc) is 2.84. The van der Waals surface area contributed by atoms with Crippen molar-refractivity contribution in [2.45, 2.75) is 63.4 Å². The van der Waals surface area contributed by atoms with E-state index in [9.17, 15) is 8.42 Å². The van der Waals surface area contributed by atoms with E-state index in [-0.39, 0.29) is 16.4 Å². The molecule has 0 bridgehead atoms. The molecule has 3 N–H and O–H groups in total. The van der Waals surface area contributed by atoms with E-state index in [1.54, 1.807) is 10.9 Å². The van der Waals surface area contributed by atoms with Crippen LogP contribution in [0.4, 0.5) is 0 Å². The van der Waals surface area contributed by atoms with Gasteiger partial charge in [-0.1, -0.05) is 20.3 Å². The van der Waals surface area contributed by atoms with Gasteiger partial charge < -0.3 is 5.73 Å². The number of hydrogen-bond donors (Lipinski definition) is 2. The van der Waals surface area contributed by atoms with E-state index in [2.05, 4.69) is 23.7 Å². The Kier molecular flexibility index (Phi) is 5.06. The first-order chi connectivity index (χ1) is 9.82. The van der Waals surface area contributed by atoms with Crippen LogP contribution < -0.4 is 10.5 Å². The van der Waals surface area contributed by atoms with Gasteiger partial charge in [0.05, 0.1) is 6.20 Å². The van der Waals surface area contributed by atoms with Crippen LogP contribution in [0.1, 0.15) is 46.0 Å². The molecule has 0 radical (unpaired) electrons. The Hall–Kier alpha value is -0.920.